The molecule has 10 heteroatoms. The maximum absolute atomic E-state index is 14.4. The van der Waals surface area contributed by atoms with E-state index in [0.29, 0.717) is 36.6 Å². The van der Waals surface area contributed by atoms with Crippen molar-refractivity contribution in [2.75, 3.05) is 41.8 Å². The minimum atomic E-state index is -1.21. The summed E-state index contributed by atoms with van der Waals surface area (Å²) >= 11 is 0. The number of fused-ring (bicyclic) bond motifs is 1. The summed E-state index contributed by atoms with van der Waals surface area (Å²) in [5, 5.41) is 16.4. The molecule has 0 aliphatic carbocycles. The summed E-state index contributed by atoms with van der Waals surface area (Å²) in [6, 6.07) is 13.1. The average molecular weight is 607 g/mol. The molecule has 1 spiro atoms. The van der Waals surface area contributed by atoms with Gasteiger partial charge in [-0.15, -0.1) is 0 Å². The molecule has 3 fully saturated rings. The van der Waals surface area contributed by atoms with Crippen molar-refractivity contribution in [3.63, 3.8) is 0 Å². The molecular weight excluding hydrogens is 560 g/mol. The normalized spacial score (nSPS) is 29.3. The summed E-state index contributed by atoms with van der Waals surface area (Å²) in [7, 11) is 0. The number of likely N-dealkylation sites (tertiary alicyclic amines) is 1. The van der Waals surface area contributed by atoms with Crippen LogP contribution in [0.15, 0.2) is 48.5 Å². The van der Waals surface area contributed by atoms with Crippen molar-refractivity contribution in [1.29, 1.82) is 0 Å². The topological polar surface area (TPSA) is 120 Å². The van der Waals surface area contributed by atoms with Gasteiger partial charge in [0.05, 0.1) is 36.7 Å². The standard InChI is InChI=1S/C34H46N4O6/c1-7-24(20-39)38-29(31(41)36-22-11-15-25(16-12-22)37(8-2)9-3)34-19-21(5)33(6,44-34)27(28(34)32(38)42)30(40)35-23-13-17-26(18-14-23)43-10-4/h11-18,21,24,27-29,39H,7-10,19-20H2,1-6H3,(H,35,40)(H,36,41)/t21?,24-,27-,28-,29?,33+,34?/m0/s1. The highest BCUT2D eigenvalue weighted by molar-refractivity contribution is 6.05. The highest BCUT2D eigenvalue weighted by Crippen LogP contribution is 2.65. The van der Waals surface area contributed by atoms with Gasteiger partial charge in [0, 0.05) is 30.2 Å². The molecule has 3 saturated heterocycles. The van der Waals surface area contributed by atoms with E-state index >= 15 is 0 Å². The van der Waals surface area contributed by atoms with Crippen LogP contribution < -0.4 is 20.3 Å². The molecule has 0 aromatic heterocycles. The van der Waals surface area contributed by atoms with Crippen molar-refractivity contribution in [1.82, 2.24) is 4.90 Å². The first kappa shape index (κ1) is 31.8. The van der Waals surface area contributed by atoms with Crippen LogP contribution in [0.3, 0.4) is 0 Å². The van der Waals surface area contributed by atoms with Gasteiger partial charge in [0.1, 0.15) is 17.4 Å². The Morgan fingerprint density at radius 3 is 2.16 bits per heavy atom. The molecule has 44 heavy (non-hydrogen) atoms. The monoisotopic (exact) mass is 606 g/mol. The Morgan fingerprint density at radius 1 is 1.02 bits per heavy atom. The van der Waals surface area contributed by atoms with Crippen LogP contribution in [0.4, 0.5) is 17.1 Å². The lowest BCUT2D eigenvalue weighted by Gasteiger charge is -2.36. The molecule has 3 amide bonds. The molecule has 2 aromatic carbocycles. The number of carbonyl (C=O) groups excluding carboxylic acids is 3. The number of carbonyl (C=O) groups is 3. The number of benzene rings is 2. The molecule has 5 rings (SSSR count). The fourth-order valence-electron chi connectivity index (χ4n) is 7.76. The van der Waals surface area contributed by atoms with Crippen LogP contribution in [0.1, 0.15) is 54.4 Å². The van der Waals surface area contributed by atoms with E-state index in [0.717, 1.165) is 18.8 Å². The Morgan fingerprint density at radius 2 is 1.61 bits per heavy atom. The van der Waals surface area contributed by atoms with Gasteiger partial charge in [0.25, 0.3) is 0 Å². The summed E-state index contributed by atoms with van der Waals surface area (Å²) in [5.74, 6) is -2.13. The van der Waals surface area contributed by atoms with Crippen molar-refractivity contribution in [3.05, 3.63) is 48.5 Å². The number of aliphatic hydroxyl groups is 1. The number of ether oxygens (including phenoxy) is 2. The molecule has 3 aliphatic rings. The van der Waals surface area contributed by atoms with Crippen molar-refractivity contribution >= 4 is 34.8 Å². The Labute approximate surface area is 260 Å². The van der Waals surface area contributed by atoms with Gasteiger partial charge in [-0.3, -0.25) is 14.4 Å². The summed E-state index contributed by atoms with van der Waals surface area (Å²) in [4.78, 5) is 46.3. The van der Waals surface area contributed by atoms with Crippen LogP contribution in [0.25, 0.3) is 0 Å². The van der Waals surface area contributed by atoms with Crippen molar-refractivity contribution < 1.29 is 29.0 Å². The van der Waals surface area contributed by atoms with E-state index < -0.39 is 35.1 Å². The molecule has 2 bridgehead atoms. The van der Waals surface area contributed by atoms with Crippen LogP contribution in [-0.2, 0) is 19.1 Å². The number of aliphatic hydroxyl groups excluding tert-OH is 1. The number of anilines is 3. The zero-order chi connectivity index (χ0) is 31.8. The highest BCUT2D eigenvalue weighted by atomic mass is 16.5. The smallest absolute Gasteiger partial charge is 0.250 e. The van der Waals surface area contributed by atoms with Gasteiger partial charge in [0.15, 0.2) is 0 Å². The Kier molecular flexibility index (Phi) is 8.96. The predicted octanol–water partition coefficient (Wildman–Crippen LogP) is 4.29. The second-order valence-electron chi connectivity index (χ2n) is 12.3. The molecule has 3 aliphatic heterocycles. The zero-order valence-electron chi connectivity index (χ0n) is 26.6. The Balaban J connectivity index is 1.48. The van der Waals surface area contributed by atoms with Crippen LogP contribution in [-0.4, -0.2) is 77.3 Å². The molecule has 10 nitrogen and oxygen atoms in total. The molecule has 238 valence electrons. The third kappa shape index (κ3) is 5.11. The lowest BCUT2D eigenvalue weighted by molar-refractivity contribution is -0.148. The largest absolute Gasteiger partial charge is 0.494 e. The number of nitrogens with one attached hydrogen (secondary N) is 2. The van der Waals surface area contributed by atoms with Crippen LogP contribution in [0, 0.1) is 17.8 Å². The first-order valence-corrected chi connectivity index (χ1v) is 15.9. The maximum Gasteiger partial charge on any atom is 0.250 e. The van der Waals surface area contributed by atoms with Crippen LogP contribution >= 0.6 is 0 Å². The highest BCUT2D eigenvalue weighted by Gasteiger charge is 2.80. The van der Waals surface area contributed by atoms with Crippen LogP contribution in [0.2, 0.25) is 0 Å². The maximum atomic E-state index is 14.4. The van der Waals surface area contributed by atoms with E-state index in [4.69, 9.17) is 9.47 Å². The molecule has 2 aromatic rings. The number of rotatable bonds is 12. The van der Waals surface area contributed by atoms with E-state index in [1.807, 2.05) is 52.0 Å². The lowest BCUT2D eigenvalue weighted by atomic mass is 9.62. The molecule has 3 N–H and O–H groups in total. The van der Waals surface area contributed by atoms with Gasteiger partial charge < -0.3 is 35.0 Å². The Hall–Kier alpha value is -3.63. The first-order chi connectivity index (χ1) is 21.1. The molecule has 0 radical (unpaired) electrons. The molecular formula is C34H46N4O6. The van der Waals surface area contributed by atoms with Gasteiger partial charge in [-0.05, 0) is 95.0 Å². The number of amides is 3. The molecule has 7 atom stereocenters. The quantitative estimate of drug-likeness (QED) is 0.330. The molecule has 0 saturated carbocycles. The van der Waals surface area contributed by atoms with E-state index in [-0.39, 0.29) is 30.2 Å². The van der Waals surface area contributed by atoms with Crippen molar-refractivity contribution in [3.8, 4) is 5.75 Å². The van der Waals surface area contributed by atoms with Crippen LogP contribution in [0.5, 0.6) is 5.75 Å². The molecule has 3 unspecified atom stereocenters. The number of nitrogens with zero attached hydrogens (tertiary/aromatic N) is 2. The van der Waals surface area contributed by atoms with Crippen molar-refractivity contribution in [2.45, 2.75) is 77.7 Å². The van der Waals surface area contributed by atoms with Gasteiger partial charge in [-0.2, -0.15) is 0 Å². The second-order valence-corrected chi connectivity index (χ2v) is 12.3. The summed E-state index contributed by atoms with van der Waals surface area (Å²) in [6.45, 7) is 13.8. The third-order valence-corrected chi connectivity index (χ3v) is 10.1. The minimum absolute atomic E-state index is 0.0968. The van der Waals surface area contributed by atoms with E-state index in [2.05, 4.69) is 29.4 Å². The minimum Gasteiger partial charge on any atom is -0.494 e. The van der Waals surface area contributed by atoms with E-state index in [1.165, 1.54) is 4.90 Å². The fraction of sp³-hybridized carbons (Fsp3) is 0.559. The summed E-state index contributed by atoms with van der Waals surface area (Å²) in [6.07, 6.45) is 0.896. The second kappa shape index (κ2) is 12.4. The first-order valence-electron chi connectivity index (χ1n) is 15.9. The number of hydrogen-bond acceptors (Lipinski definition) is 7. The average Bonchev–Trinajstić information content (AvgIpc) is 3.53. The van der Waals surface area contributed by atoms with Gasteiger partial charge in [0.2, 0.25) is 17.7 Å². The Bertz CT molecular complexity index is 1360. The number of hydrogen-bond donors (Lipinski definition) is 3. The summed E-state index contributed by atoms with van der Waals surface area (Å²) < 4.78 is 12.3. The third-order valence-electron chi connectivity index (χ3n) is 10.1. The van der Waals surface area contributed by atoms with E-state index in [1.54, 1.807) is 24.3 Å². The predicted molar refractivity (Wildman–Crippen MR) is 170 cm³/mol. The van der Waals surface area contributed by atoms with Gasteiger partial charge >= 0.3 is 0 Å². The molecule has 3 heterocycles. The fourth-order valence-corrected chi connectivity index (χ4v) is 7.76. The van der Waals surface area contributed by atoms with E-state index in [9.17, 15) is 19.5 Å². The SMILES string of the molecule is CCOc1ccc(NC(=O)[C@@H]2[C@H]3C(=O)N([C@@H](CC)CO)C(C(=O)Nc4ccc(N(CC)CC)cc4)C34CC(C)[C@@]2(C)O4)cc1. The van der Waals surface area contributed by atoms with Crippen molar-refractivity contribution in [2.24, 2.45) is 17.8 Å². The zero-order valence-corrected chi connectivity index (χ0v) is 26.6. The lowest BCUT2D eigenvalue weighted by Crippen LogP contribution is -2.56. The van der Waals surface area contributed by atoms with Gasteiger partial charge in [-0.25, -0.2) is 0 Å². The summed E-state index contributed by atoms with van der Waals surface area (Å²) in [5.41, 5.74) is 0.0773. The van der Waals surface area contributed by atoms with Gasteiger partial charge in [-0.1, -0.05) is 13.8 Å².